The van der Waals surface area contributed by atoms with Gasteiger partial charge in [-0.3, -0.25) is 14.6 Å². The summed E-state index contributed by atoms with van der Waals surface area (Å²) < 4.78 is 7.94. The van der Waals surface area contributed by atoms with Gasteiger partial charge in [-0.05, 0) is 56.1 Å². The van der Waals surface area contributed by atoms with E-state index < -0.39 is 0 Å². The quantitative estimate of drug-likeness (QED) is 0.860. The Hall–Kier alpha value is -1.76. The standard InChI is InChI=1S/C20H29N5O/c1-24-19(4-10-23-24)20-17(7-13-26-20)14-22-18-5-11-25(12-6-18)15-16-2-8-21-9-3-16/h2-4,8-10,17-18,20,22H,5-7,11-15H2,1H3/t17-,20+/m0/s1. The summed E-state index contributed by atoms with van der Waals surface area (Å²) >= 11 is 0. The van der Waals surface area contributed by atoms with Gasteiger partial charge in [-0.1, -0.05) is 0 Å². The third-order valence-electron chi connectivity index (χ3n) is 5.78. The van der Waals surface area contributed by atoms with Crippen LogP contribution in [0.5, 0.6) is 0 Å². The van der Waals surface area contributed by atoms with Crippen molar-refractivity contribution in [2.45, 2.75) is 38.0 Å². The van der Waals surface area contributed by atoms with Crippen molar-refractivity contribution in [2.75, 3.05) is 26.2 Å². The van der Waals surface area contributed by atoms with E-state index in [9.17, 15) is 0 Å². The van der Waals surface area contributed by atoms with Crippen molar-refractivity contribution in [3.63, 3.8) is 0 Å². The Morgan fingerprint density at radius 1 is 1.12 bits per heavy atom. The van der Waals surface area contributed by atoms with Crippen molar-refractivity contribution in [3.05, 3.63) is 48.0 Å². The first kappa shape index (κ1) is 17.6. The molecule has 4 heterocycles. The molecule has 2 saturated heterocycles. The first-order chi connectivity index (χ1) is 12.8. The monoisotopic (exact) mass is 355 g/mol. The number of rotatable bonds is 6. The Balaban J connectivity index is 1.23. The van der Waals surface area contributed by atoms with Crippen LogP contribution in [-0.4, -0.2) is 51.9 Å². The summed E-state index contributed by atoms with van der Waals surface area (Å²) in [5, 5.41) is 8.11. The highest BCUT2D eigenvalue weighted by Gasteiger charge is 2.32. The van der Waals surface area contributed by atoms with Gasteiger partial charge in [-0.25, -0.2) is 0 Å². The van der Waals surface area contributed by atoms with Gasteiger partial charge >= 0.3 is 0 Å². The molecule has 2 aromatic rings. The summed E-state index contributed by atoms with van der Waals surface area (Å²) in [4.78, 5) is 6.64. The molecule has 0 radical (unpaired) electrons. The van der Waals surface area contributed by atoms with Gasteiger partial charge in [0.2, 0.25) is 0 Å². The molecule has 26 heavy (non-hydrogen) atoms. The fraction of sp³-hybridized carbons (Fsp3) is 0.600. The predicted octanol–water partition coefficient (Wildman–Crippen LogP) is 2.15. The van der Waals surface area contributed by atoms with Gasteiger partial charge in [0.15, 0.2) is 0 Å². The first-order valence-corrected chi connectivity index (χ1v) is 9.74. The normalized spacial score (nSPS) is 25.0. The maximum absolute atomic E-state index is 6.00. The molecule has 0 aromatic carbocycles. The molecule has 0 amide bonds. The second kappa shape index (κ2) is 8.29. The van der Waals surface area contributed by atoms with Crippen molar-refractivity contribution in [1.29, 1.82) is 0 Å². The van der Waals surface area contributed by atoms with E-state index in [2.05, 4.69) is 38.5 Å². The number of likely N-dealkylation sites (tertiary alicyclic amines) is 1. The molecule has 6 nitrogen and oxygen atoms in total. The zero-order valence-corrected chi connectivity index (χ0v) is 15.6. The van der Waals surface area contributed by atoms with Crippen molar-refractivity contribution in [1.82, 2.24) is 25.0 Å². The lowest BCUT2D eigenvalue weighted by atomic mass is 9.97. The second-order valence-corrected chi connectivity index (χ2v) is 7.53. The van der Waals surface area contributed by atoms with Crippen LogP contribution in [0.4, 0.5) is 0 Å². The molecular weight excluding hydrogens is 326 g/mol. The van der Waals surface area contributed by atoms with Gasteiger partial charge in [0, 0.05) is 57.3 Å². The van der Waals surface area contributed by atoms with Crippen LogP contribution >= 0.6 is 0 Å². The van der Waals surface area contributed by atoms with Gasteiger partial charge in [0.05, 0.1) is 5.69 Å². The minimum Gasteiger partial charge on any atom is -0.372 e. The molecule has 0 bridgehead atoms. The lowest BCUT2D eigenvalue weighted by molar-refractivity contribution is 0.0819. The predicted molar refractivity (Wildman–Crippen MR) is 101 cm³/mol. The Bertz CT molecular complexity index is 681. The van der Waals surface area contributed by atoms with Crippen LogP contribution in [0.25, 0.3) is 0 Å². The number of pyridine rings is 1. The summed E-state index contributed by atoms with van der Waals surface area (Å²) in [6.45, 7) is 5.24. The lowest BCUT2D eigenvalue weighted by Gasteiger charge is -2.33. The number of hydrogen-bond donors (Lipinski definition) is 1. The summed E-state index contributed by atoms with van der Waals surface area (Å²) in [5.41, 5.74) is 2.55. The largest absolute Gasteiger partial charge is 0.372 e. The zero-order chi connectivity index (χ0) is 17.8. The van der Waals surface area contributed by atoms with Gasteiger partial charge in [-0.15, -0.1) is 0 Å². The van der Waals surface area contributed by atoms with Gasteiger partial charge in [0.25, 0.3) is 0 Å². The molecule has 0 aliphatic carbocycles. The number of nitrogens with one attached hydrogen (secondary N) is 1. The highest BCUT2D eigenvalue weighted by molar-refractivity contribution is 5.10. The molecule has 2 atom stereocenters. The van der Waals surface area contributed by atoms with Crippen LogP contribution in [0, 0.1) is 5.92 Å². The van der Waals surface area contributed by atoms with Crippen LogP contribution in [0.1, 0.15) is 36.6 Å². The SMILES string of the molecule is Cn1nccc1[C@@H]1OCC[C@H]1CNC1CCN(Cc2ccncc2)CC1. The Labute approximate surface area is 155 Å². The number of hydrogen-bond acceptors (Lipinski definition) is 5. The van der Waals surface area contributed by atoms with Crippen LogP contribution < -0.4 is 5.32 Å². The number of nitrogens with zero attached hydrogens (tertiary/aromatic N) is 4. The highest BCUT2D eigenvalue weighted by atomic mass is 16.5. The summed E-state index contributed by atoms with van der Waals surface area (Å²) in [6, 6.07) is 6.93. The molecule has 2 aromatic heterocycles. The van der Waals surface area contributed by atoms with Crippen molar-refractivity contribution in [2.24, 2.45) is 13.0 Å². The Kier molecular flexibility index (Phi) is 5.62. The average molecular weight is 355 g/mol. The van der Waals surface area contributed by atoms with E-state index in [1.54, 1.807) is 0 Å². The van der Waals surface area contributed by atoms with Crippen LogP contribution in [-0.2, 0) is 18.3 Å². The van der Waals surface area contributed by atoms with Crippen molar-refractivity contribution < 1.29 is 4.74 Å². The number of aryl methyl sites for hydroxylation is 1. The first-order valence-electron chi connectivity index (χ1n) is 9.74. The molecule has 0 saturated carbocycles. The van der Waals surface area contributed by atoms with E-state index >= 15 is 0 Å². The number of ether oxygens (including phenoxy) is 1. The van der Waals surface area contributed by atoms with Gasteiger partial charge < -0.3 is 10.1 Å². The Morgan fingerprint density at radius 3 is 2.65 bits per heavy atom. The third kappa shape index (κ3) is 4.14. The van der Waals surface area contributed by atoms with Gasteiger partial charge in [-0.2, -0.15) is 5.10 Å². The molecule has 2 fully saturated rings. The molecule has 4 rings (SSSR count). The Morgan fingerprint density at radius 2 is 1.92 bits per heavy atom. The molecule has 0 spiro atoms. The van der Waals surface area contributed by atoms with E-state index in [1.165, 1.54) is 24.1 Å². The van der Waals surface area contributed by atoms with E-state index in [0.29, 0.717) is 12.0 Å². The number of aromatic nitrogens is 3. The fourth-order valence-electron chi connectivity index (χ4n) is 4.19. The van der Waals surface area contributed by atoms with Crippen LogP contribution in [0.15, 0.2) is 36.8 Å². The molecular formula is C20H29N5O. The van der Waals surface area contributed by atoms with Gasteiger partial charge in [0.1, 0.15) is 6.10 Å². The van der Waals surface area contributed by atoms with Crippen molar-refractivity contribution in [3.8, 4) is 0 Å². The molecule has 1 N–H and O–H groups in total. The third-order valence-corrected chi connectivity index (χ3v) is 5.78. The minimum atomic E-state index is 0.182. The minimum absolute atomic E-state index is 0.182. The maximum Gasteiger partial charge on any atom is 0.103 e. The lowest BCUT2D eigenvalue weighted by Crippen LogP contribution is -2.43. The summed E-state index contributed by atoms with van der Waals surface area (Å²) in [6.07, 6.45) is 9.37. The molecule has 0 unspecified atom stereocenters. The van der Waals surface area contributed by atoms with E-state index in [4.69, 9.17) is 4.74 Å². The van der Waals surface area contributed by atoms with Crippen LogP contribution in [0.2, 0.25) is 0 Å². The maximum atomic E-state index is 6.00. The smallest absolute Gasteiger partial charge is 0.103 e. The summed E-state index contributed by atoms with van der Waals surface area (Å²) in [5.74, 6) is 0.542. The number of piperidine rings is 1. The van der Waals surface area contributed by atoms with E-state index in [-0.39, 0.29) is 6.10 Å². The molecule has 140 valence electrons. The zero-order valence-electron chi connectivity index (χ0n) is 15.6. The fourth-order valence-corrected chi connectivity index (χ4v) is 4.19. The molecule has 6 heteroatoms. The van der Waals surface area contributed by atoms with E-state index in [1.807, 2.05) is 30.3 Å². The van der Waals surface area contributed by atoms with Crippen LogP contribution in [0.3, 0.4) is 0 Å². The van der Waals surface area contributed by atoms with Crippen molar-refractivity contribution >= 4 is 0 Å². The molecule has 2 aliphatic rings. The second-order valence-electron chi connectivity index (χ2n) is 7.53. The topological polar surface area (TPSA) is 55.2 Å². The highest BCUT2D eigenvalue weighted by Crippen LogP contribution is 2.33. The summed E-state index contributed by atoms with van der Waals surface area (Å²) in [7, 11) is 2.00. The van der Waals surface area contributed by atoms with E-state index in [0.717, 1.165) is 39.2 Å². The average Bonchev–Trinajstić information content (AvgIpc) is 3.30. The molecule has 2 aliphatic heterocycles.